The Balaban J connectivity index is 2.31. The molecule has 0 aliphatic carbocycles. The Kier molecular flexibility index (Phi) is 3.26. The minimum Gasteiger partial charge on any atom is -0.391 e. The summed E-state index contributed by atoms with van der Waals surface area (Å²) in [7, 11) is 0. The van der Waals surface area contributed by atoms with Crippen LogP contribution in [-0.4, -0.2) is 40.7 Å². The van der Waals surface area contributed by atoms with E-state index in [1.165, 1.54) is 0 Å². The molecule has 0 saturated carbocycles. The second kappa shape index (κ2) is 4.68. The number of nitrogens with two attached hydrogens (primary N) is 2. The first-order chi connectivity index (χ1) is 8.09. The predicted octanol–water partition coefficient (Wildman–Crippen LogP) is -1.17. The number of nitrogens with zero attached hydrogens (tertiary/aromatic N) is 2. The van der Waals surface area contributed by atoms with Crippen LogP contribution < -0.4 is 16.4 Å². The molecule has 3 atom stereocenters. The molecular weight excluding hydrogens is 220 g/mol. The number of carbonyl (C=O) groups is 1. The number of hydrogen-bond donors (Lipinski definition) is 3. The van der Waals surface area contributed by atoms with Gasteiger partial charge in [-0.05, 0) is 18.6 Å². The first kappa shape index (κ1) is 11.8. The molecule has 1 saturated heterocycles. The number of amides is 1. The molecule has 92 valence electrons. The third-order valence-electron chi connectivity index (χ3n) is 2.98. The minimum absolute atomic E-state index is 0.352. The van der Waals surface area contributed by atoms with Crippen molar-refractivity contribution in [1.29, 1.82) is 0 Å². The summed E-state index contributed by atoms with van der Waals surface area (Å²) in [5, 5.41) is 9.72. The van der Waals surface area contributed by atoms with Crippen molar-refractivity contribution in [2.24, 2.45) is 11.5 Å². The standard InChI is InChI=1S/C11H16N4O2/c12-9-5-8(16)6-15(10(9)11(13)17)7-1-3-14-4-2-7/h1-4,8-10,16H,5-6,12H2,(H2,13,17). The van der Waals surface area contributed by atoms with Gasteiger partial charge in [-0.15, -0.1) is 0 Å². The van der Waals surface area contributed by atoms with Crippen LogP contribution >= 0.6 is 0 Å². The molecular formula is C11H16N4O2. The second-order valence-electron chi connectivity index (χ2n) is 4.26. The maximum Gasteiger partial charge on any atom is 0.241 e. The summed E-state index contributed by atoms with van der Waals surface area (Å²) in [6, 6.07) is 2.49. The predicted molar refractivity (Wildman–Crippen MR) is 63.2 cm³/mol. The van der Waals surface area contributed by atoms with Crippen molar-refractivity contribution in [3.05, 3.63) is 24.5 Å². The highest BCUT2D eigenvalue weighted by molar-refractivity contribution is 5.85. The Morgan fingerprint density at radius 3 is 2.71 bits per heavy atom. The van der Waals surface area contributed by atoms with Gasteiger partial charge in [0, 0.05) is 30.7 Å². The number of anilines is 1. The average molecular weight is 236 g/mol. The van der Waals surface area contributed by atoms with Crippen LogP contribution in [0.1, 0.15) is 6.42 Å². The topological polar surface area (TPSA) is 105 Å². The molecule has 1 fully saturated rings. The largest absolute Gasteiger partial charge is 0.391 e. The summed E-state index contributed by atoms with van der Waals surface area (Å²) in [5.74, 6) is -0.471. The van der Waals surface area contributed by atoms with E-state index in [0.29, 0.717) is 13.0 Å². The lowest BCUT2D eigenvalue weighted by molar-refractivity contribution is -0.120. The molecule has 1 aliphatic rings. The molecule has 1 amide bonds. The number of hydrogen-bond acceptors (Lipinski definition) is 5. The number of piperidine rings is 1. The fraction of sp³-hybridized carbons (Fsp3) is 0.455. The first-order valence-corrected chi connectivity index (χ1v) is 5.49. The summed E-state index contributed by atoms with van der Waals surface area (Å²) in [6.07, 6.45) is 3.09. The molecule has 6 nitrogen and oxygen atoms in total. The van der Waals surface area contributed by atoms with Gasteiger partial charge in [0.2, 0.25) is 5.91 Å². The van der Waals surface area contributed by atoms with Crippen molar-refractivity contribution in [2.75, 3.05) is 11.4 Å². The normalized spacial score (nSPS) is 29.1. The summed E-state index contributed by atoms with van der Waals surface area (Å²) < 4.78 is 0. The minimum atomic E-state index is -0.583. The number of aromatic nitrogens is 1. The number of aliphatic hydroxyl groups excluding tert-OH is 1. The Morgan fingerprint density at radius 2 is 2.12 bits per heavy atom. The van der Waals surface area contributed by atoms with E-state index in [2.05, 4.69) is 4.98 Å². The Hall–Kier alpha value is -1.66. The number of aliphatic hydroxyl groups is 1. The molecule has 1 aromatic heterocycles. The zero-order valence-electron chi connectivity index (χ0n) is 9.36. The smallest absolute Gasteiger partial charge is 0.241 e. The molecule has 0 spiro atoms. The Labute approximate surface area is 99.2 Å². The van der Waals surface area contributed by atoms with E-state index in [1.807, 2.05) is 0 Å². The van der Waals surface area contributed by atoms with E-state index >= 15 is 0 Å². The average Bonchev–Trinajstić information content (AvgIpc) is 2.28. The molecule has 5 N–H and O–H groups in total. The third-order valence-corrected chi connectivity index (χ3v) is 2.98. The maximum absolute atomic E-state index is 11.5. The van der Waals surface area contributed by atoms with E-state index in [0.717, 1.165) is 5.69 Å². The fourth-order valence-electron chi connectivity index (χ4n) is 2.26. The van der Waals surface area contributed by atoms with Gasteiger partial charge in [0.05, 0.1) is 6.10 Å². The van der Waals surface area contributed by atoms with Gasteiger partial charge in [0.25, 0.3) is 0 Å². The summed E-state index contributed by atoms with van der Waals surface area (Å²) in [6.45, 7) is 0.352. The van der Waals surface area contributed by atoms with Crippen LogP contribution in [0.5, 0.6) is 0 Å². The number of primary amides is 1. The molecule has 0 radical (unpaired) electrons. The zero-order valence-corrected chi connectivity index (χ0v) is 9.36. The lowest BCUT2D eigenvalue weighted by atomic mass is 9.94. The second-order valence-corrected chi connectivity index (χ2v) is 4.26. The number of pyridine rings is 1. The Bertz CT molecular complexity index is 398. The van der Waals surface area contributed by atoms with Crippen molar-refractivity contribution in [2.45, 2.75) is 24.6 Å². The molecule has 0 bridgehead atoms. The van der Waals surface area contributed by atoms with Crippen LogP contribution in [0.2, 0.25) is 0 Å². The van der Waals surface area contributed by atoms with Crippen molar-refractivity contribution in [3.8, 4) is 0 Å². The van der Waals surface area contributed by atoms with Crippen LogP contribution in [0, 0.1) is 0 Å². The highest BCUT2D eigenvalue weighted by Crippen LogP contribution is 2.23. The van der Waals surface area contributed by atoms with Crippen molar-refractivity contribution >= 4 is 11.6 Å². The third kappa shape index (κ3) is 2.37. The van der Waals surface area contributed by atoms with Crippen LogP contribution in [0.3, 0.4) is 0 Å². The van der Waals surface area contributed by atoms with Gasteiger partial charge in [-0.3, -0.25) is 9.78 Å². The van der Waals surface area contributed by atoms with Gasteiger partial charge in [-0.2, -0.15) is 0 Å². The quantitative estimate of drug-likeness (QED) is 0.600. The molecule has 0 aromatic carbocycles. The van der Waals surface area contributed by atoms with Crippen LogP contribution in [-0.2, 0) is 4.79 Å². The molecule has 1 aromatic rings. The highest BCUT2D eigenvalue weighted by atomic mass is 16.3. The molecule has 3 unspecified atom stereocenters. The van der Waals surface area contributed by atoms with E-state index in [-0.39, 0.29) is 0 Å². The number of carbonyl (C=O) groups excluding carboxylic acids is 1. The summed E-state index contributed by atoms with van der Waals surface area (Å²) >= 11 is 0. The van der Waals surface area contributed by atoms with E-state index in [1.54, 1.807) is 29.4 Å². The van der Waals surface area contributed by atoms with Crippen LogP contribution in [0.25, 0.3) is 0 Å². The maximum atomic E-state index is 11.5. The Morgan fingerprint density at radius 1 is 1.47 bits per heavy atom. The monoisotopic (exact) mass is 236 g/mol. The summed E-state index contributed by atoms with van der Waals surface area (Å²) in [5.41, 5.74) is 12.0. The molecule has 2 rings (SSSR count). The van der Waals surface area contributed by atoms with Gasteiger partial charge >= 0.3 is 0 Å². The molecule has 6 heteroatoms. The zero-order chi connectivity index (χ0) is 12.4. The van der Waals surface area contributed by atoms with Gasteiger partial charge in [-0.25, -0.2) is 0 Å². The van der Waals surface area contributed by atoms with Gasteiger partial charge in [0.15, 0.2) is 0 Å². The van der Waals surface area contributed by atoms with Crippen molar-refractivity contribution in [3.63, 3.8) is 0 Å². The van der Waals surface area contributed by atoms with Gasteiger partial charge in [0.1, 0.15) is 6.04 Å². The first-order valence-electron chi connectivity index (χ1n) is 5.49. The summed E-state index contributed by atoms with van der Waals surface area (Å²) in [4.78, 5) is 17.1. The SMILES string of the molecule is NC(=O)C1C(N)CC(O)CN1c1ccncc1. The lowest BCUT2D eigenvalue weighted by Crippen LogP contribution is -2.62. The number of β-amino-alcohol motifs (C(OH)–C–C–N with tert-alkyl or cyclic N) is 1. The van der Waals surface area contributed by atoms with Crippen molar-refractivity contribution in [1.82, 2.24) is 4.98 Å². The van der Waals surface area contributed by atoms with E-state index in [9.17, 15) is 9.90 Å². The van der Waals surface area contributed by atoms with Gasteiger partial charge in [-0.1, -0.05) is 0 Å². The number of rotatable bonds is 2. The molecule has 1 aliphatic heterocycles. The van der Waals surface area contributed by atoms with E-state index in [4.69, 9.17) is 11.5 Å². The lowest BCUT2D eigenvalue weighted by Gasteiger charge is -2.41. The van der Waals surface area contributed by atoms with E-state index < -0.39 is 24.1 Å². The van der Waals surface area contributed by atoms with Crippen LogP contribution in [0.4, 0.5) is 5.69 Å². The van der Waals surface area contributed by atoms with Gasteiger partial charge < -0.3 is 21.5 Å². The molecule has 2 heterocycles. The van der Waals surface area contributed by atoms with Crippen molar-refractivity contribution < 1.29 is 9.90 Å². The molecule has 17 heavy (non-hydrogen) atoms. The van der Waals surface area contributed by atoms with Crippen LogP contribution in [0.15, 0.2) is 24.5 Å². The fourth-order valence-corrected chi connectivity index (χ4v) is 2.26. The highest BCUT2D eigenvalue weighted by Gasteiger charge is 2.37.